The fraction of sp³-hybridized carbons (Fsp3) is 0.400. The van der Waals surface area contributed by atoms with Gasteiger partial charge in [-0.25, -0.2) is 0 Å². The van der Waals surface area contributed by atoms with Gasteiger partial charge in [-0.1, -0.05) is 37.6 Å². The van der Waals surface area contributed by atoms with Gasteiger partial charge in [0, 0.05) is 10.7 Å². The zero-order valence-corrected chi connectivity index (χ0v) is 11.9. The van der Waals surface area contributed by atoms with Crippen molar-refractivity contribution in [2.24, 2.45) is 0 Å². The third kappa shape index (κ3) is 2.94. The first-order valence-corrected chi connectivity index (χ1v) is 6.76. The van der Waals surface area contributed by atoms with Crippen molar-refractivity contribution >= 4 is 11.6 Å². The molecule has 1 aromatic heterocycles. The molecule has 0 radical (unpaired) electrons. The van der Waals surface area contributed by atoms with E-state index in [1.54, 1.807) is 0 Å². The summed E-state index contributed by atoms with van der Waals surface area (Å²) in [7, 11) is 0. The Morgan fingerprint density at radius 1 is 1.28 bits per heavy atom. The quantitative estimate of drug-likeness (QED) is 0.798. The van der Waals surface area contributed by atoms with Gasteiger partial charge in [0.15, 0.2) is 0 Å². The minimum absolute atomic E-state index is 0.540. The average Bonchev–Trinajstić information content (AvgIpc) is 2.72. The van der Waals surface area contributed by atoms with Crippen molar-refractivity contribution in [3.05, 3.63) is 52.3 Å². The average molecular weight is 263 g/mol. The topological polar surface area (TPSA) is 17.8 Å². The highest BCUT2D eigenvalue weighted by Crippen LogP contribution is 2.21. The number of benzene rings is 1. The molecule has 0 aliphatic carbocycles. The van der Waals surface area contributed by atoms with Crippen LogP contribution in [0.1, 0.15) is 43.1 Å². The summed E-state index contributed by atoms with van der Waals surface area (Å²) in [4.78, 5) is 0. The lowest BCUT2D eigenvalue weighted by Gasteiger charge is -2.12. The van der Waals surface area contributed by atoms with E-state index in [9.17, 15) is 0 Å². The Labute approximate surface area is 114 Å². The predicted molar refractivity (Wildman–Crippen MR) is 76.2 cm³/mol. The summed E-state index contributed by atoms with van der Waals surface area (Å²) in [6.45, 7) is 7.31. The molecule has 2 aromatic rings. The number of rotatable bonds is 4. The second kappa shape index (κ2) is 5.57. The van der Waals surface area contributed by atoms with Crippen LogP contribution in [0, 0.1) is 6.92 Å². The second-order valence-corrected chi connectivity index (χ2v) is 5.24. The fourth-order valence-corrected chi connectivity index (χ4v) is 2.19. The smallest absolute Gasteiger partial charge is 0.0662 e. The van der Waals surface area contributed by atoms with Crippen molar-refractivity contribution in [2.75, 3.05) is 0 Å². The summed E-state index contributed by atoms with van der Waals surface area (Å²) in [5, 5.41) is 5.36. The zero-order chi connectivity index (χ0) is 13.1. The maximum atomic E-state index is 5.90. The Balaban J connectivity index is 2.25. The van der Waals surface area contributed by atoms with Crippen molar-refractivity contribution in [3.8, 4) is 0 Å². The maximum absolute atomic E-state index is 5.90. The molecule has 1 atom stereocenters. The van der Waals surface area contributed by atoms with Crippen LogP contribution in [0.5, 0.6) is 0 Å². The molecule has 0 bridgehead atoms. The molecule has 1 heterocycles. The second-order valence-electron chi connectivity index (χ2n) is 4.80. The molecular formula is C15H19ClN2. The van der Waals surface area contributed by atoms with Gasteiger partial charge < -0.3 is 0 Å². The Hall–Kier alpha value is -1.28. The SMILES string of the molecule is CCC(C)c1cc(C)nn1Cc1ccc(Cl)cc1. The Kier molecular flexibility index (Phi) is 4.07. The van der Waals surface area contributed by atoms with Gasteiger partial charge in [-0.2, -0.15) is 5.10 Å². The number of hydrogen-bond donors (Lipinski definition) is 0. The van der Waals surface area contributed by atoms with Gasteiger partial charge >= 0.3 is 0 Å². The molecule has 1 aromatic carbocycles. The van der Waals surface area contributed by atoms with Gasteiger partial charge in [-0.05, 0) is 43.0 Å². The summed E-state index contributed by atoms with van der Waals surface area (Å²) >= 11 is 5.90. The van der Waals surface area contributed by atoms with Gasteiger partial charge in [0.1, 0.15) is 0 Å². The monoisotopic (exact) mass is 262 g/mol. The van der Waals surface area contributed by atoms with Gasteiger partial charge in [0.25, 0.3) is 0 Å². The molecule has 0 spiro atoms. The first-order valence-electron chi connectivity index (χ1n) is 6.39. The Bertz CT molecular complexity index is 514. The van der Waals surface area contributed by atoms with Gasteiger partial charge in [-0.15, -0.1) is 0 Å². The lowest BCUT2D eigenvalue weighted by atomic mass is 10.0. The van der Waals surface area contributed by atoms with Crippen LogP contribution in [0.15, 0.2) is 30.3 Å². The van der Waals surface area contributed by atoms with Crippen LogP contribution in [0.3, 0.4) is 0 Å². The minimum atomic E-state index is 0.540. The summed E-state index contributed by atoms with van der Waals surface area (Å²) in [6.07, 6.45) is 1.13. The molecule has 1 unspecified atom stereocenters. The van der Waals surface area contributed by atoms with E-state index in [0.717, 1.165) is 23.7 Å². The lowest BCUT2D eigenvalue weighted by molar-refractivity contribution is 0.586. The van der Waals surface area contributed by atoms with E-state index in [0.29, 0.717) is 5.92 Å². The summed E-state index contributed by atoms with van der Waals surface area (Å²) < 4.78 is 2.10. The summed E-state index contributed by atoms with van der Waals surface area (Å²) in [6, 6.07) is 10.1. The van der Waals surface area contributed by atoms with Crippen molar-refractivity contribution in [3.63, 3.8) is 0 Å². The Morgan fingerprint density at radius 2 is 1.94 bits per heavy atom. The third-order valence-electron chi connectivity index (χ3n) is 3.30. The first kappa shape index (κ1) is 13.2. The number of halogens is 1. The normalized spacial score (nSPS) is 12.7. The minimum Gasteiger partial charge on any atom is -0.265 e. The van der Waals surface area contributed by atoms with E-state index in [2.05, 4.69) is 41.8 Å². The molecule has 18 heavy (non-hydrogen) atoms. The summed E-state index contributed by atoms with van der Waals surface area (Å²) in [5.74, 6) is 0.540. The molecule has 0 amide bonds. The van der Waals surface area contributed by atoms with Crippen LogP contribution in [0.25, 0.3) is 0 Å². The number of aryl methyl sites for hydroxylation is 1. The van der Waals surface area contributed by atoms with E-state index < -0.39 is 0 Å². The van der Waals surface area contributed by atoms with Crippen LogP contribution >= 0.6 is 11.6 Å². The van der Waals surface area contributed by atoms with Crippen LogP contribution in [-0.4, -0.2) is 9.78 Å². The van der Waals surface area contributed by atoms with E-state index in [1.807, 2.05) is 19.1 Å². The third-order valence-corrected chi connectivity index (χ3v) is 3.55. The Morgan fingerprint density at radius 3 is 2.56 bits per heavy atom. The molecule has 0 aliphatic rings. The predicted octanol–water partition coefficient (Wildman–Crippen LogP) is 4.41. The molecular weight excluding hydrogens is 244 g/mol. The largest absolute Gasteiger partial charge is 0.265 e. The molecule has 2 rings (SSSR count). The molecule has 3 heteroatoms. The van der Waals surface area contributed by atoms with Crippen LogP contribution < -0.4 is 0 Å². The van der Waals surface area contributed by atoms with Gasteiger partial charge in [0.05, 0.1) is 12.2 Å². The highest BCUT2D eigenvalue weighted by Gasteiger charge is 2.11. The van der Waals surface area contributed by atoms with Crippen molar-refractivity contribution in [2.45, 2.75) is 39.7 Å². The molecule has 0 saturated carbocycles. The molecule has 96 valence electrons. The maximum Gasteiger partial charge on any atom is 0.0662 e. The molecule has 2 nitrogen and oxygen atoms in total. The van der Waals surface area contributed by atoms with E-state index in [-0.39, 0.29) is 0 Å². The highest BCUT2D eigenvalue weighted by molar-refractivity contribution is 6.30. The first-order chi connectivity index (χ1) is 8.60. The van der Waals surface area contributed by atoms with Crippen LogP contribution in [0.4, 0.5) is 0 Å². The van der Waals surface area contributed by atoms with Crippen molar-refractivity contribution < 1.29 is 0 Å². The van der Waals surface area contributed by atoms with E-state index in [1.165, 1.54) is 11.3 Å². The van der Waals surface area contributed by atoms with E-state index in [4.69, 9.17) is 11.6 Å². The number of hydrogen-bond acceptors (Lipinski definition) is 1. The molecule has 0 saturated heterocycles. The molecule has 0 N–H and O–H groups in total. The lowest BCUT2D eigenvalue weighted by Crippen LogP contribution is -2.08. The van der Waals surface area contributed by atoms with Gasteiger partial charge in [0.2, 0.25) is 0 Å². The van der Waals surface area contributed by atoms with Crippen LogP contribution in [0.2, 0.25) is 5.02 Å². The molecule has 0 fully saturated rings. The summed E-state index contributed by atoms with van der Waals surface area (Å²) in [5.41, 5.74) is 3.62. The molecule has 0 aliphatic heterocycles. The fourth-order valence-electron chi connectivity index (χ4n) is 2.06. The number of nitrogens with zero attached hydrogens (tertiary/aromatic N) is 2. The van der Waals surface area contributed by atoms with Crippen LogP contribution in [-0.2, 0) is 6.54 Å². The van der Waals surface area contributed by atoms with Crippen molar-refractivity contribution in [1.29, 1.82) is 0 Å². The standard InChI is InChI=1S/C15H19ClN2/c1-4-11(2)15-9-12(3)17-18(15)10-13-5-7-14(16)8-6-13/h5-9,11H,4,10H2,1-3H3. The zero-order valence-electron chi connectivity index (χ0n) is 11.2. The van der Waals surface area contributed by atoms with Crippen molar-refractivity contribution in [1.82, 2.24) is 9.78 Å². The van der Waals surface area contributed by atoms with Gasteiger partial charge in [-0.3, -0.25) is 4.68 Å². The van der Waals surface area contributed by atoms with E-state index >= 15 is 0 Å². The highest BCUT2D eigenvalue weighted by atomic mass is 35.5. The number of aromatic nitrogens is 2.